The van der Waals surface area contributed by atoms with Gasteiger partial charge in [-0.25, -0.2) is 0 Å². The molecule has 6 heteroatoms. The molecule has 0 saturated carbocycles. The molecule has 1 aliphatic rings. The van der Waals surface area contributed by atoms with Gasteiger partial charge < -0.3 is 19.3 Å². The Balaban J connectivity index is 1.62. The first kappa shape index (κ1) is 16.5. The second kappa shape index (κ2) is 7.49. The molecule has 1 aromatic carbocycles. The zero-order valence-corrected chi connectivity index (χ0v) is 14.0. The number of ether oxygens (including phenoxy) is 2. The molecule has 128 valence electrons. The molecule has 6 nitrogen and oxygen atoms in total. The van der Waals surface area contributed by atoms with E-state index in [1.165, 1.54) is 0 Å². The Morgan fingerprint density at radius 2 is 2.12 bits per heavy atom. The van der Waals surface area contributed by atoms with Crippen molar-refractivity contribution in [3.8, 4) is 5.75 Å². The molecule has 0 radical (unpaired) electrons. The molecule has 1 aliphatic heterocycles. The molecule has 0 bridgehead atoms. The maximum absolute atomic E-state index is 12.4. The number of aromatic nitrogens is 1. The Bertz CT molecular complexity index is 685. The lowest BCUT2D eigenvalue weighted by atomic mass is 10.1. The van der Waals surface area contributed by atoms with Crippen molar-refractivity contribution in [2.75, 3.05) is 13.2 Å². The van der Waals surface area contributed by atoms with Gasteiger partial charge in [-0.05, 0) is 44.9 Å². The Morgan fingerprint density at radius 1 is 1.33 bits per heavy atom. The Labute approximate surface area is 141 Å². The lowest BCUT2D eigenvalue weighted by Crippen LogP contribution is -2.38. The third-order valence-electron chi connectivity index (χ3n) is 4.22. The number of benzene rings is 1. The van der Waals surface area contributed by atoms with Gasteiger partial charge >= 0.3 is 0 Å². The van der Waals surface area contributed by atoms with Gasteiger partial charge in [0.25, 0.3) is 5.91 Å². The Kier molecular flexibility index (Phi) is 5.15. The van der Waals surface area contributed by atoms with Crippen LogP contribution in [-0.4, -0.2) is 30.3 Å². The van der Waals surface area contributed by atoms with Crippen molar-refractivity contribution in [2.45, 2.75) is 39.3 Å². The summed E-state index contributed by atoms with van der Waals surface area (Å²) in [4.78, 5) is 12.4. The molecular formula is C18H22N2O4. The first-order valence-corrected chi connectivity index (χ1v) is 8.16. The molecule has 1 amide bonds. The topological polar surface area (TPSA) is 73.6 Å². The van der Waals surface area contributed by atoms with Gasteiger partial charge in [-0.1, -0.05) is 11.2 Å². The van der Waals surface area contributed by atoms with Crippen LogP contribution < -0.4 is 10.1 Å². The van der Waals surface area contributed by atoms with Crippen molar-refractivity contribution in [1.29, 1.82) is 0 Å². The summed E-state index contributed by atoms with van der Waals surface area (Å²) in [6.45, 7) is 5.51. The highest BCUT2D eigenvalue weighted by Crippen LogP contribution is 2.19. The van der Waals surface area contributed by atoms with Gasteiger partial charge in [-0.15, -0.1) is 0 Å². The van der Waals surface area contributed by atoms with E-state index in [4.69, 9.17) is 14.0 Å². The fraction of sp³-hybridized carbons (Fsp3) is 0.444. The average molecular weight is 330 g/mol. The molecule has 0 spiro atoms. The summed E-state index contributed by atoms with van der Waals surface area (Å²) in [5.41, 5.74) is 2.35. The van der Waals surface area contributed by atoms with E-state index < -0.39 is 0 Å². The number of carbonyl (C=O) groups excluding carboxylic acids is 1. The van der Waals surface area contributed by atoms with Gasteiger partial charge in [0.15, 0.2) is 0 Å². The molecule has 24 heavy (non-hydrogen) atoms. The van der Waals surface area contributed by atoms with Crippen LogP contribution >= 0.6 is 0 Å². The summed E-state index contributed by atoms with van der Waals surface area (Å²) in [5.74, 6) is 1.32. The van der Waals surface area contributed by atoms with Gasteiger partial charge in [0.1, 0.15) is 18.1 Å². The van der Waals surface area contributed by atoms with Gasteiger partial charge in [0.2, 0.25) is 0 Å². The zero-order chi connectivity index (χ0) is 16.9. The van der Waals surface area contributed by atoms with Crippen LogP contribution in [0.2, 0.25) is 0 Å². The maximum Gasteiger partial charge on any atom is 0.251 e. The number of hydrogen-bond donors (Lipinski definition) is 1. The first-order valence-electron chi connectivity index (χ1n) is 8.16. The number of carbonyl (C=O) groups is 1. The van der Waals surface area contributed by atoms with Gasteiger partial charge in [-0.2, -0.15) is 0 Å². The highest BCUT2D eigenvalue weighted by Gasteiger charge is 2.17. The smallest absolute Gasteiger partial charge is 0.251 e. The van der Waals surface area contributed by atoms with E-state index >= 15 is 0 Å². The van der Waals surface area contributed by atoms with Crippen LogP contribution in [0.3, 0.4) is 0 Å². The lowest BCUT2D eigenvalue weighted by molar-refractivity contribution is 0.0696. The van der Waals surface area contributed by atoms with Crippen molar-refractivity contribution in [3.05, 3.63) is 46.8 Å². The van der Waals surface area contributed by atoms with Gasteiger partial charge in [0.05, 0.1) is 11.3 Å². The van der Waals surface area contributed by atoms with E-state index in [0.29, 0.717) is 31.1 Å². The second-order valence-corrected chi connectivity index (χ2v) is 5.98. The maximum atomic E-state index is 12.4. The summed E-state index contributed by atoms with van der Waals surface area (Å²) in [6, 6.07) is 7.38. The molecular weight excluding hydrogens is 308 g/mol. The van der Waals surface area contributed by atoms with Crippen molar-refractivity contribution >= 4 is 5.91 Å². The number of aryl methyl sites for hydroxylation is 2. The minimum absolute atomic E-state index is 0.0790. The van der Waals surface area contributed by atoms with Crippen LogP contribution in [0.5, 0.6) is 5.75 Å². The van der Waals surface area contributed by atoms with Crippen LogP contribution in [-0.2, 0) is 11.3 Å². The number of rotatable bonds is 5. The number of hydrogen-bond acceptors (Lipinski definition) is 5. The standard InChI is InChI=1S/C18H22N2O4/c1-12-17(13(2)24-20-12)11-23-16-5-3-4-14(10-16)18(21)19-15-6-8-22-9-7-15/h3-5,10,15H,6-9,11H2,1-2H3,(H,19,21). The monoisotopic (exact) mass is 330 g/mol. The van der Waals surface area contributed by atoms with Crippen LogP contribution in [0.25, 0.3) is 0 Å². The summed E-state index contributed by atoms with van der Waals surface area (Å²) in [5, 5.41) is 6.96. The molecule has 2 aromatic rings. The summed E-state index contributed by atoms with van der Waals surface area (Å²) in [6.07, 6.45) is 1.71. The van der Waals surface area contributed by atoms with Crippen molar-refractivity contribution in [1.82, 2.24) is 10.5 Å². The fourth-order valence-electron chi connectivity index (χ4n) is 2.70. The normalized spacial score (nSPS) is 15.2. The molecule has 1 saturated heterocycles. The third-order valence-corrected chi connectivity index (χ3v) is 4.22. The predicted molar refractivity (Wildman–Crippen MR) is 88.1 cm³/mol. The van der Waals surface area contributed by atoms with E-state index in [1.54, 1.807) is 12.1 Å². The number of amides is 1. The molecule has 0 atom stereocenters. The van der Waals surface area contributed by atoms with Crippen LogP contribution in [0.4, 0.5) is 0 Å². The largest absolute Gasteiger partial charge is 0.489 e. The van der Waals surface area contributed by atoms with Crippen LogP contribution in [0.15, 0.2) is 28.8 Å². The minimum atomic E-state index is -0.0790. The highest BCUT2D eigenvalue weighted by molar-refractivity contribution is 5.94. The SMILES string of the molecule is Cc1noc(C)c1COc1cccc(C(=O)NC2CCOCC2)c1. The lowest BCUT2D eigenvalue weighted by Gasteiger charge is -2.23. The van der Waals surface area contributed by atoms with Crippen molar-refractivity contribution in [3.63, 3.8) is 0 Å². The molecule has 1 fully saturated rings. The Morgan fingerprint density at radius 3 is 2.83 bits per heavy atom. The molecule has 0 aliphatic carbocycles. The Hall–Kier alpha value is -2.34. The molecule has 0 unspecified atom stereocenters. The second-order valence-electron chi connectivity index (χ2n) is 5.98. The minimum Gasteiger partial charge on any atom is -0.489 e. The molecule has 1 N–H and O–H groups in total. The van der Waals surface area contributed by atoms with Gasteiger partial charge in [-0.3, -0.25) is 4.79 Å². The average Bonchev–Trinajstić information content (AvgIpc) is 2.92. The van der Waals surface area contributed by atoms with E-state index in [9.17, 15) is 4.79 Å². The number of nitrogens with one attached hydrogen (secondary N) is 1. The van der Waals surface area contributed by atoms with Gasteiger partial charge in [0, 0.05) is 24.8 Å². The number of nitrogens with zero attached hydrogens (tertiary/aromatic N) is 1. The van der Waals surface area contributed by atoms with E-state index in [2.05, 4.69) is 10.5 Å². The zero-order valence-electron chi connectivity index (χ0n) is 14.0. The molecule has 3 rings (SSSR count). The quantitative estimate of drug-likeness (QED) is 0.912. The fourth-order valence-corrected chi connectivity index (χ4v) is 2.70. The van der Waals surface area contributed by atoms with E-state index in [0.717, 1.165) is 29.9 Å². The summed E-state index contributed by atoms with van der Waals surface area (Å²) in [7, 11) is 0. The van der Waals surface area contributed by atoms with Crippen molar-refractivity contribution < 1.29 is 18.8 Å². The van der Waals surface area contributed by atoms with Crippen LogP contribution in [0.1, 0.15) is 40.2 Å². The predicted octanol–water partition coefficient (Wildman–Crippen LogP) is 2.78. The highest BCUT2D eigenvalue weighted by atomic mass is 16.5. The van der Waals surface area contributed by atoms with E-state index in [1.807, 2.05) is 26.0 Å². The molecule has 1 aromatic heterocycles. The third kappa shape index (κ3) is 3.94. The summed E-state index contributed by atoms with van der Waals surface area (Å²) < 4.78 is 16.2. The first-order chi connectivity index (χ1) is 11.6. The summed E-state index contributed by atoms with van der Waals surface area (Å²) >= 11 is 0. The van der Waals surface area contributed by atoms with Crippen LogP contribution in [0, 0.1) is 13.8 Å². The van der Waals surface area contributed by atoms with E-state index in [-0.39, 0.29) is 11.9 Å². The molecule has 2 heterocycles. The van der Waals surface area contributed by atoms with Crippen molar-refractivity contribution in [2.24, 2.45) is 0 Å².